The molecule has 1 amide bonds. The molecule has 0 spiro atoms. The van der Waals surface area contributed by atoms with E-state index < -0.39 is 29.1 Å². The lowest BCUT2D eigenvalue weighted by molar-refractivity contribution is -0.148. The minimum absolute atomic E-state index is 0.255. The molecule has 0 bridgehead atoms. The third-order valence-corrected chi connectivity index (χ3v) is 2.33. The molecule has 0 unspecified atom stereocenters. The molecule has 0 aliphatic heterocycles. The Morgan fingerprint density at radius 3 is 2.15 bits per heavy atom. The zero-order chi connectivity index (χ0) is 16.0. The fourth-order valence-corrected chi connectivity index (χ4v) is 1.38. The maximum absolute atomic E-state index is 12.0. The van der Waals surface area contributed by atoms with Gasteiger partial charge in [0.2, 0.25) is 0 Å². The number of ether oxygens (including phenoxy) is 2. The van der Waals surface area contributed by atoms with E-state index in [0.29, 0.717) is 6.42 Å². The Labute approximate surface area is 121 Å². The Morgan fingerprint density at radius 2 is 1.75 bits per heavy atom. The standard InChI is InChI=1S/C15H27NO4/c1-8-9-10-19-12(17)11(14(2,3)4)16-13(18)20-15(5,6)7/h8,11H,1,9-10H2,2-7H3,(H,16,18)/t11-/m1/s1. The summed E-state index contributed by atoms with van der Waals surface area (Å²) in [7, 11) is 0. The van der Waals surface area contributed by atoms with Gasteiger partial charge in [0.1, 0.15) is 11.6 Å². The van der Waals surface area contributed by atoms with E-state index >= 15 is 0 Å². The number of alkyl carbamates (subject to hydrolysis) is 1. The van der Waals surface area contributed by atoms with Crippen molar-refractivity contribution in [3.63, 3.8) is 0 Å². The number of esters is 1. The first-order valence-electron chi connectivity index (χ1n) is 6.74. The zero-order valence-electron chi connectivity index (χ0n) is 13.4. The lowest BCUT2D eigenvalue weighted by atomic mass is 9.87. The second-order valence-electron chi connectivity index (χ2n) is 6.69. The van der Waals surface area contributed by atoms with Crippen molar-refractivity contribution in [2.75, 3.05) is 6.61 Å². The van der Waals surface area contributed by atoms with E-state index in [-0.39, 0.29) is 6.61 Å². The van der Waals surface area contributed by atoms with Crippen molar-refractivity contribution in [1.29, 1.82) is 0 Å². The molecule has 0 heterocycles. The third-order valence-electron chi connectivity index (χ3n) is 2.33. The second-order valence-corrected chi connectivity index (χ2v) is 6.69. The van der Waals surface area contributed by atoms with Crippen LogP contribution < -0.4 is 5.32 Å². The van der Waals surface area contributed by atoms with Crippen molar-refractivity contribution >= 4 is 12.1 Å². The number of rotatable bonds is 5. The zero-order valence-corrected chi connectivity index (χ0v) is 13.4. The number of nitrogens with one attached hydrogen (secondary N) is 1. The van der Waals surface area contributed by atoms with Gasteiger partial charge in [-0.1, -0.05) is 26.8 Å². The summed E-state index contributed by atoms with van der Waals surface area (Å²) in [5.41, 5.74) is -1.08. The van der Waals surface area contributed by atoms with Crippen molar-refractivity contribution < 1.29 is 19.1 Å². The molecule has 20 heavy (non-hydrogen) atoms. The number of carbonyl (C=O) groups excluding carboxylic acids is 2. The van der Waals surface area contributed by atoms with Crippen LogP contribution in [0.4, 0.5) is 4.79 Å². The van der Waals surface area contributed by atoms with Gasteiger partial charge < -0.3 is 14.8 Å². The highest BCUT2D eigenvalue weighted by Gasteiger charge is 2.35. The maximum atomic E-state index is 12.0. The Bertz CT molecular complexity index is 350. The maximum Gasteiger partial charge on any atom is 0.408 e. The Kier molecular flexibility index (Phi) is 6.76. The van der Waals surface area contributed by atoms with Crippen molar-refractivity contribution in [3.8, 4) is 0 Å². The van der Waals surface area contributed by atoms with Gasteiger partial charge in [-0.25, -0.2) is 9.59 Å². The molecule has 0 saturated heterocycles. The van der Waals surface area contributed by atoms with Crippen molar-refractivity contribution in [3.05, 3.63) is 12.7 Å². The highest BCUT2D eigenvalue weighted by Crippen LogP contribution is 2.21. The Balaban J connectivity index is 4.70. The van der Waals surface area contributed by atoms with E-state index in [0.717, 1.165) is 0 Å². The molecule has 0 radical (unpaired) electrons. The van der Waals surface area contributed by atoms with E-state index in [2.05, 4.69) is 11.9 Å². The first-order valence-corrected chi connectivity index (χ1v) is 6.74. The predicted molar refractivity (Wildman–Crippen MR) is 78.4 cm³/mol. The fourth-order valence-electron chi connectivity index (χ4n) is 1.38. The normalized spacial score (nSPS) is 13.3. The smallest absolute Gasteiger partial charge is 0.408 e. The van der Waals surface area contributed by atoms with Crippen LogP contribution >= 0.6 is 0 Å². The van der Waals surface area contributed by atoms with Crippen LogP contribution in [0, 0.1) is 5.41 Å². The molecule has 1 N–H and O–H groups in total. The van der Waals surface area contributed by atoms with E-state index in [1.807, 2.05) is 20.8 Å². The lowest BCUT2D eigenvalue weighted by Gasteiger charge is -2.30. The average Bonchev–Trinajstić information content (AvgIpc) is 2.22. The van der Waals surface area contributed by atoms with E-state index in [9.17, 15) is 9.59 Å². The molecule has 116 valence electrons. The van der Waals surface area contributed by atoms with Crippen LogP contribution in [0.1, 0.15) is 48.0 Å². The van der Waals surface area contributed by atoms with E-state index in [1.165, 1.54) is 0 Å². The quantitative estimate of drug-likeness (QED) is 0.479. The van der Waals surface area contributed by atoms with Gasteiger partial charge in [0.05, 0.1) is 6.61 Å². The topological polar surface area (TPSA) is 64.6 Å². The molecule has 5 heteroatoms. The first kappa shape index (κ1) is 18.5. The summed E-state index contributed by atoms with van der Waals surface area (Å²) in [5, 5.41) is 2.58. The SMILES string of the molecule is C=CCCOC(=O)[C@@H](NC(=O)OC(C)(C)C)C(C)(C)C. The largest absolute Gasteiger partial charge is 0.464 e. The number of carbonyl (C=O) groups is 2. The summed E-state index contributed by atoms with van der Waals surface area (Å²) in [6.07, 6.45) is 1.62. The molecule has 0 rings (SSSR count). The molecule has 0 aromatic carbocycles. The van der Waals surface area contributed by atoms with Crippen LogP contribution in [0.25, 0.3) is 0 Å². The van der Waals surface area contributed by atoms with Crippen LogP contribution in [0.3, 0.4) is 0 Å². The highest BCUT2D eigenvalue weighted by molar-refractivity contribution is 5.82. The number of hydrogen-bond donors (Lipinski definition) is 1. The van der Waals surface area contributed by atoms with Crippen LogP contribution in [-0.4, -0.2) is 30.3 Å². The Hall–Kier alpha value is -1.52. The van der Waals surface area contributed by atoms with Crippen LogP contribution in [0.5, 0.6) is 0 Å². The summed E-state index contributed by atoms with van der Waals surface area (Å²) in [4.78, 5) is 23.8. The highest BCUT2D eigenvalue weighted by atomic mass is 16.6. The van der Waals surface area contributed by atoms with Crippen LogP contribution in [0.15, 0.2) is 12.7 Å². The fraction of sp³-hybridized carbons (Fsp3) is 0.733. The van der Waals surface area contributed by atoms with Crippen molar-refractivity contribution in [2.24, 2.45) is 5.41 Å². The van der Waals surface area contributed by atoms with Gasteiger partial charge in [-0.3, -0.25) is 0 Å². The molecule has 1 atom stereocenters. The molecule has 0 saturated carbocycles. The molecule has 0 aliphatic rings. The van der Waals surface area contributed by atoms with Gasteiger partial charge in [0.15, 0.2) is 0 Å². The van der Waals surface area contributed by atoms with E-state index in [1.54, 1.807) is 26.8 Å². The summed E-state index contributed by atoms with van der Waals surface area (Å²) in [6, 6.07) is -0.762. The van der Waals surface area contributed by atoms with Gasteiger partial charge in [0, 0.05) is 0 Å². The summed E-state index contributed by atoms with van der Waals surface area (Å²) >= 11 is 0. The van der Waals surface area contributed by atoms with Crippen molar-refractivity contribution in [1.82, 2.24) is 5.32 Å². The average molecular weight is 285 g/mol. The molecule has 0 aromatic heterocycles. The van der Waals surface area contributed by atoms with Gasteiger partial charge in [-0.2, -0.15) is 0 Å². The van der Waals surface area contributed by atoms with Crippen LogP contribution in [-0.2, 0) is 14.3 Å². The minimum Gasteiger partial charge on any atom is -0.464 e. The van der Waals surface area contributed by atoms with Gasteiger partial charge >= 0.3 is 12.1 Å². The van der Waals surface area contributed by atoms with E-state index in [4.69, 9.17) is 9.47 Å². The molecular weight excluding hydrogens is 258 g/mol. The monoisotopic (exact) mass is 285 g/mol. The summed E-state index contributed by atoms with van der Waals surface area (Å²) in [6.45, 7) is 14.7. The van der Waals surface area contributed by atoms with Gasteiger partial charge in [-0.05, 0) is 32.6 Å². The van der Waals surface area contributed by atoms with Gasteiger partial charge in [0.25, 0.3) is 0 Å². The Morgan fingerprint density at radius 1 is 1.20 bits per heavy atom. The summed E-state index contributed by atoms with van der Waals surface area (Å²) < 4.78 is 10.3. The molecule has 5 nitrogen and oxygen atoms in total. The first-order chi connectivity index (χ1) is 8.97. The number of hydrogen-bond acceptors (Lipinski definition) is 4. The van der Waals surface area contributed by atoms with Crippen LogP contribution in [0.2, 0.25) is 0 Å². The third kappa shape index (κ3) is 7.81. The lowest BCUT2D eigenvalue weighted by Crippen LogP contribution is -2.51. The molecular formula is C15H27NO4. The predicted octanol–water partition coefficient (Wildman–Crippen LogP) is 3.05. The molecule has 0 aromatic rings. The van der Waals surface area contributed by atoms with Crippen molar-refractivity contribution in [2.45, 2.75) is 59.6 Å². The van der Waals surface area contributed by atoms with Gasteiger partial charge in [-0.15, -0.1) is 6.58 Å². The second kappa shape index (κ2) is 7.31. The minimum atomic E-state index is -0.762. The summed E-state index contributed by atoms with van der Waals surface area (Å²) in [5.74, 6) is -0.467. The molecule has 0 aliphatic carbocycles. The molecule has 0 fully saturated rings. The number of amides is 1.